The molecule has 3 rings (SSSR count). The smallest absolute Gasteiger partial charge is 0.123 e. The van der Waals surface area contributed by atoms with Crippen molar-refractivity contribution in [3.63, 3.8) is 0 Å². The molecule has 1 aromatic carbocycles. The highest BCUT2D eigenvalue weighted by Gasteiger charge is 2.35. The first-order valence-electron chi connectivity index (χ1n) is 6.01. The first-order chi connectivity index (χ1) is 8.78. The molecule has 1 aliphatic rings. The van der Waals surface area contributed by atoms with Gasteiger partial charge in [-0.05, 0) is 17.5 Å². The standard InChI is InChI=1S/C16H14OS/c1-16(9-4-5-13-8-10-18-11-13)12-17-15-7-3-2-6-14(15)16/h2-3,6-8,10-11H,9,12H2,1H3. The molecule has 1 nitrogen and oxygen atoms in total. The third kappa shape index (κ3) is 2.02. The van der Waals surface area contributed by atoms with Crippen LogP contribution in [0.25, 0.3) is 0 Å². The predicted molar refractivity (Wildman–Crippen MR) is 75.1 cm³/mol. The van der Waals surface area contributed by atoms with E-state index in [1.807, 2.05) is 12.1 Å². The van der Waals surface area contributed by atoms with Gasteiger partial charge in [-0.2, -0.15) is 11.3 Å². The van der Waals surface area contributed by atoms with E-state index in [9.17, 15) is 0 Å². The minimum absolute atomic E-state index is 0.0274. The van der Waals surface area contributed by atoms with Gasteiger partial charge in [0.25, 0.3) is 0 Å². The van der Waals surface area contributed by atoms with Crippen LogP contribution in [0.1, 0.15) is 24.5 Å². The van der Waals surface area contributed by atoms with E-state index in [4.69, 9.17) is 4.74 Å². The van der Waals surface area contributed by atoms with E-state index < -0.39 is 0 Å². The molecule has 0 radical (unpaired) electrons. The van der Waals surface area contributed by atoms with Crippen LogP contribution in [0, 0.1) is 11.8 Å². The topological polar surface area (TPSA) is 9.23 Å². The van der Waals surface area contributed by atoms with E-state index in [-0.39, 0.29) is 5.41 Å². The Morgan fingerprint density at radius 3 is 3.06 bits per heavy atom. The van der Waals surface area contributed by atoms with E-state index in [1.165, 1.54) is 5.56 Å². The molecule has 2 heteroatoms. The lowest BCUT2D eigenvalue weighted by atomic mass is 9.82. The molecule has 0 spiro atoms. The van der Waals surface area contributed by atoms with E-state index >= 15 is 0 Å². The molecule has 0 aliphatic carbocycles. The Morgan fingerprint density at radius 2 is 2.22 bits per heavy atom. The molecule has 0 amide bonds. The maximum absolute atomic E-state index is 5.74. The van der Waals surface area contributed by atoms with E-state index in [2.05, 4.69) is 47.7 Å². The first-order valence-corrected chi connectivity index (χ1v) is 6.96. The quantitative estimate of drug-likeness (QED) is 0.703. The third-order valence-electron chi connectivity index (χ3n) is 3.32. The highest BCUT2D eigenvalue weighted by Crippen LogP contribution is 2.40. The molecule has 2 aromatic rings. The number of hydrogen-bond acceptors (Lipinski definition) is 2. The Balaban J connectivity index is 1.81. The Morgan fingerprint density at radius 1 is 1.33 bits per heavy atom. The zero-order chi connectivity index (χ0) is 12.4. The Bertz CT molecular complexity index is 604. The lowest BCUT2D eigenvalue weighted by molar-refractivity contribution is 0.281. The summed E-state index contributed by atoms with van der Waals surface area (Å²) in [6.07, 6.45) is 0.833. The zero-order valence-electron chi connectivity index (χ0n) is 10.3. The molecule has 0 N–H and O–H groups in total. The summed E-state index contributed by atoms with van der Waals surface area (Å²) in [5.41, 5.74) is 2.42. The van der Waals surface area contributed by atoms with Gasteiger partial charge in [-0.25, -0.2) is 0 Å². The van der Waals surface area contributed by atoms with Gasteiger partial charge in [-0.15, -0.1) is 0 Å². The minimum atomic E-state index is 0.0274. The van der Waals surface area contributed by atoms with E-state index in [1.54, 1.807) is 11.3 Å². The summed E-state index contributed by atoms with van der Waals surface area (Å²) in [7, 11) is 0. The van der Waals surface area contributed by atoms with Crippen LogP contribution >= 0.6 is 11.3 Å². The van der Waals surface area contributed by atoms with E-state index in [0.29, 0.717) is 0 Å². The molecular formula is C16H14OS. The Hall–Kier alpha value is -1.72. The Kier molecular flexibility index (Phi) is 2.85. The van der Waals surface area contributed by atoms with Crippen LogP contribution in [0.15, 0.2) is 41.1 Å². The maximum Gasteiger partial charge on any atom is 0.123 e. The number of benzene rings is 1. The molecule has 0 fully saturated rings. The fourth-order valence-electron chi connectivity index (χ4n) is 2.23. The number of ether oxygens (including phenoxy) is 1. The predicted octanol–water partition coefficient (Wildman–Crippen LogP) is 3.84. The summed E-state index contributed by atoms with van der Waals surface area (Å²) >= 11 is 1.68. The van der Waals surface area contributed by atoms with Gasteiger partial charge in [-0.1, -0.05) is 37.0 Å². The van der Waals surface area contributed by atoms with Crippen molar-refractivity contribution in [2.45, 2.75) is 18.8 Å². The second kappa shape index (κ2) is 4.51. The van der Waals surface area contributed by atoms with Crippen molar-refractivity contribution in [3.8, 4) is 17.6 Å². The van der Waals surface area contributed by atoms with Gasteiger partial charge < -0.3 is 4.74 Å². The normalized spacial score (nSPS) is 20.7. The summed E-state index contributed by atoms with van der Waals surface area (Å²) < 4.78 is 5.74. The maximum atomic E-state index is 5.74. The van der Waals surface area contributed by atoms with Crippen molar-refractivity contribution in [2.75, 3.05) is 6.61 Å². The fourth-order valence-corrected chi connectivity index (χ4v) is 2.82. The van der Waals surface area contributed by atoms with Crippen molar-refractivity contribution in [3.05, 3.63) is 52.2 Å². The second-order valence-corrected chi connectivity index (χ2v) is 5.62. The van der Waals surface area contributed by atoms with Gasteiger partial charge in [0, 0.05) is 28.3 Å². The van der Waals surface area contributed by atoms with Gasteiger partial charge in [0.1, 0.15) is 5.75 Å². The SMILES string of the molecule is CC1(CC#Cc2ccsc2)COc2ccccc21. The lowest BCUT2D eigenvalue weighted by Crippen LogP contribution is -2.22. The summed E-state index contributed by atoms with van der Waals surface area (Å²) in [4.78, 5) is 0. The third-order valence-corrected chi connectivity index (χ3v) is 4.00. The average Bonchev–Trinajstić information content (AvgIpc) is 3.00. The molecule has 0 saturated heterocycles. The molecular weight excluding hydrogens is 240 g/mol. The van der Waals surface area contributed by atoms with Crippen molar-refractivity contribution < 1.29 is 4.74 Å². The monoisotopic (exact) mass is 254 g/mol. The number of thiophene rings is 1. The number of hydrogen-bond donors (Lipinski definition) is 0. The van der Waals surface area contributed by atoms with Crippen LogP contribution in [-0.2, 0) is 5.41 Å². The van der Waals surface area contributed by atoms with Gasteiger partial charge >= 0.3 is 0 Å². The van der Waals surface area contributed by atoms with Gasteiger partial charge in [0.2, 0.25) is 0 Å². The number of fused-ring (bicyclic) bond motifs is 1. The largest absolute Gasteiger partial charge is 0.492 e. The molecule has 0 bridgehead atoms. The van der Waals surface area contributed by atoms with Crippen molar-refractivity contribution in [1.29, 1.82) is 0 Å². The van der Waals surface area contributed by atoms with Crippen LogP contribution in [-0.4, -0.2) is 6.61 Å². The van der Waals surface area contributed by atoms with Crippen molar-refractivity contribution in [2.24, 2.45) is 0 Å². The molecule has 1 unspecified atom stereocenters. The molecule has 1 aliphatic heterocycles. The highest BCUT2D eigenvalue weighted by atomic mass is 32.1. The fraction of sp³-hybridized carbons (Fsp3) is 0.250. The zero-order valence-corrected chi connectivity index (χ0v) is 11.1. The van der Waals surface area contributed by atoms with Gasteiger partial charge in [-0.3, -0.25) is 0 Å². The first kappa shape index (κ1) is 11.4. The summed E-state index contributed by atoms with van der Waals surface area (Å²) in [6, 6.07) is 10.3. The second-order valence-electron chi connectivity index (χ2n) is 4.84. The average molecular weight is 254 g/mol. The summed E-state index contributed by atoms with van der Waals surface area (Å²) in [5, 5.41) is 4.13. The molecule has 18 heavy (non-hydrogen) atoms. The van der Waals surface area contributed by atoms with Gasteiger partial charge in [0.05, 0.1) is 6.61 Å². The highest BCUT2D eigenvalue weighted by molar-refractivity contribution is 7.08. The van der Waals surface area contributed by atoms with Crippen LogP contribution in [0.5, 0.6) is 5.75 Å². The number of para-hydroxylation sites is 1. The molecule has 1 atom stereocenters. The molecule has 1 aromatic heterocycles. The van der Waals surface area contributed by atoms with Crippen LogP contribution < -0.4 is 4.74 Å². The molecule has 2 heterocycles. The number of rotatable bonds is 1. The lowest BCUT2D eigenvalue weighted by Gasteiger charge is -2.19. The summed E-state index contributed by atoms with van der Waals surface area (Å²) in [6.45, 7) is 2.95. The summed E-state index contributed by atoms with van der Waals surface area (Å²) in [5.74, 6) is 7.51. The van der Waals surface area contributed by atoms with Crippen LogP contribution in [0.2, 0.25) is 0 Å². The van der Waals surface area contributed by atoms with E-state index in [0.717, 1.165) is 24.3 Å². The molecule has 90 valence electrons. The minimum Gasteiger partial charge on any atom is -0.492 e. The van der Waals surface area contributed by atoms with Crippen molar-refractivity contribution in [1.82, 2.24) is 0 Å². The van der Waals surface area contributed by atoms with Crippen LogP contribution in [0.4, 0.5) is 0 Å². The van der Waals surface area contributed by atoms with Gasteiger partial charge in [0.15, 0.2) is 0 Å². The van der Waals surface area contributed by atoms with Crippen LogP contribution in [0.3, 0.4) is 0 Å². The Labute approximate surface area is 111 Å². The van der Waals surface area contributed by atoms with Crippen molar-refractivity contribution >= 4 is 11.3 Å². The molecule has 0 saturated carbocycles.